The molecular weight excluding hydrogens is 540 g/mol. The highest BCUT2D eigenvalue weighted by molar-refractivity contribution is 7.99. The van der Waals surface area contributed by atoms with E-state index in [1.165, 1.54) is 0 Å². The Morgan fingerprint density at radius 1 is 1.27 bits per heavy atom. The summed E-state index contributed by atoms with van der Waals surface area (Å²) in [5.74, 6) is 14.0. The molecule has 0 spiro atoms. The molecule has 2 aromatic heterocycles. The molecule has 0 atom stereocenters. The molecule has 1 fully saturated rings. The van der Waals surface area contributed by atoms with Crippen LogP contribution in [0.2, 0.25) is 0 Å². The van der Waals surface area contributed by atoms with Crippen molar-refractivity contribution in [2.45, 2.75) is 50.2 Å². The van der Waals surface area contributed by atoms with Crippen LogP contribution in [0.4, 0.5) is 5.82 Å². The topological polar surface area (TPSA) is 153 Å². The third-order valence-corrected chi connectivity index (χ3v) is 8.50. The molecule has 3 aromatic rings. The number of fused-ring (bicyclic) bond motifs is 1. The maximum Gasteiger partial charge on any atom is 0.260 e. The molecule has 0 unspecified atom stereocenters. The molecule has 5 rings (SSSR count). The smallest absolute Gasteiger partial charge is 0.260 e. The van der Waals surface area contributed by atoms with Crippen LogP contribution in [0.5, 0.6) is 0 Å². The van der Waals surface area contributed by atoms with Gasteiger partial charge in [-0.15, -0.1) is 22.0 Å². The number of aromatic nitrogens is 4. The number of anilines is 1. The van der Waals surface area contributed by atoms with Crippen molar-refractivity contribution in [2.24, 2.45) is 23.8 Å². The zero-order chi connectivity index (χ0) is 29.1. The lowest BCUT2D eigenvalue weighted by Crippen LogP contribution is -2.49. The number of nitrogens with one attached hydrogen (secondary N) is 1. The van der Waals surface area contributed by atoms with Gasteiger partial charge in [0, 0.05) is 36.6 Å². The van der Waals surface area contributed by atoms with Gasteiger partial charge in [0.05, 0.1) is 24.8 Å². The van der Waals surface area contributed by atoms with Crippen LogP contribution in [0.1, 0.15) is 58.7 Å². The van der Waals surface area contributed by atoms with Crippen molar-refractivity contribution in [3.05, 3.63) is 64.2 Å². The number of thioether (sulfide) groups is 1. The Morgan fingerprint density at radius 2 is 2.07 bits per heavy atom. The van der Waals surface area contributed by atoms with Crippen molar-refractivity contribution in [3.8, 4) is 0 Å². The number of pyridine rings is 1. The maximum absolute atomic E-state index is 14.0. The summed E-state index contributed by atoms with van der Waals surface area (Å²) in [6.45, 7) is 7.30. The van der Waals surface area contributed by atoms with Crippen molar-refractivity contribution < 1.29 is 9.53 Å². The lowest BCUT2D eigenvalue weighted by molar-refractivity contribution is -0.0612. The van der Waals surface area contributed by atoms with E-state index in [1.807, 2.05) is 29.8 Å². The molecule has 1 saturated heterocycles. The maximum atomic E-state index is 14.0. The van der Waals surface area contributed by atoms with Gasteiger partial charge in [0.2, 0.25) is 0 Å². The summed E-state index contributed by atoms with van der Waals surface area (Å²) in [5.41, 5.74) is 6.53. The summed E-state index contributed by atoms with van der Waals surface area (Å²) >= 11 is 1.65. The molecule has 218 valence electrons. The van der Waals surface area contributed by atoms with E-state index in [4.69, 9.17) is 21.4 Å². The number of nitrogens with two attached hydrogens (primary N) is 2. The van der Waals surface area contributed by atoms with Gasteiger partial charge in [-0.25, -0.2) is 10.8 Å². The summed E-state index contributed by atoms with van der Waals surface area (Å²) in [4.78, 5) is 22.9. The Balaban J connectivity index is 1.55. The predicted molar refractivity (Wildman–Crippen MR) is 159 cm³/mol. The van der Waals surface area contributed by atoms with Gasteiger partial charge in [-0.3, -0.25) is 9.69 Å². The number of benzene rings is 1. The Labute approximate surface area is 244 Å². The van der Waals surface area contributed by atoms with E-state index in [1.54, 1.807) is 23.0 Å². The summed E-state index contributed by atoms with van der Waals surface area (Å²) in [6.07, 6.45) is 3.42. The molecule has 2 aliphatic heterocycles. The minimum atomic E-state index is -0.276. The Bertz CT molecular complexity index is 1450. The van der Waals surface area contributed by atoms with Crippen molar-refractivity contribution in [1.29, 1.82) is 0 Å². The van der Waals surface area contributed by atoms with Gasteiger partial charge in [-0.2, -0.15) is 5.10 Å². The number of hydrazine groups is 1. The molecule has 13 heteroatoms. The van der Waals surface area contributed by atoms with E-state index >= 15 is 0 Å². The number of carbonyl (C=O) groups excluding carboxylic acids is 1. The fraction of sp³-hybridized carbons (Fsp3) is 0.464. The fourth-order valence-electron chi connectivity index (χ4n) is 5.56. The molecule has 0 aliphatic carbocycles. The summed E-state index contributed by atoms with van der Waals surface area (Å²) in [5, 5.41) is 13.1. The highest BCUT2D eigenvalue weighted by Gasteiger charge is 2.43. The normalized spacial score (nSPS) is 16.3. The molecular formula is C28H38N10O2S. The molecule has 41 heavy (non-hydrogen) atoms. The molecule has 0 saturated carbocycles. The highest BCUT2D eigenvalue weighted by Crippen LogP contribution is 2.40. The van der Waals surface area contributed by atoms with E-state index in [0.29, 0.717) is 55.5 Å². The minimum absolute atomic E-state index is 0.112. The van der Waals surface area contributed by atoms with Crippen LogP contribution < -0.4 is 22.0 Å². The van der Waals surface area contributed by atoms with E-state index in [9.17, 15) is 4.79 Å². The minimum Gasteiger partial charge on any atom is -0.379 e. The van der Waals surface area contributed by atoms with Gasteiger partial charge in [-0.1, -0.05) is 13.8 Å². The molecule has 0 radical (unpaired) electrons. The molecule has 1 aromatic carbocycles. The molecule has 1 amide bonds. The number of aryl methyl sites for hydroxylation is 1. The first-order valence-corrected chi connectivity index (χ1v) is 14.8. The van der Waals surface area contributed by atoms with Gasteiger partial charge in [0.1, 0.15) is 18.0 Å². The number of amidine groups is 1. The fourth-order valence-corrected chi connectivity index (χ4v) is 6.22. The van der Waals surface area contributed by atoms with E-state index in [2.05, 4.69) is 52.6 Å². The van der Waals surface area contributed by atoms with Crippen LogP contribution in [0.15, 0.2) is 40.7 Å². The molecule has 0 bridgehead atoms. The number of amides is 1. The van der Waals surface area contributed by atoms with Gasteiger partial charge in [-0.05, 0) is 66.7 Å². The van der Waals surface area contributed by atoms with E-state index in [0.717, 1.165) is 46.3 Å². The van der Waals surface area contributed by atoms with Crippen molar-refractivity contribution in [3.63, 3.8) is 0 Å². The molecule has 12 nitrogen and oxygen atoms in total. The summed E-state index contributed by atoms with van der Waals surface area (Å²) in [6, 6.07) is 8.13. The first-order chi connectivity index (χ1) is 19.8. The predicted octanol–water partition coefficient (Wildman–Crippen LogP) is 1.92. The van der Waals surface area contributed by atoms with Gasteiger partial charge in [0.15, 0.2) is 5.84 Å². The third kappa shape index (κ3) is 5.67. The van der Waals surface area contributed by atoms with E-state index in [-0.39, 0.29) is 11.3 Å². The zero-order valence-electron chi connectivity index (χ0n) is 24.1. The van der Waals surface area contributed by atoms with Crippen LogP contribution in [0, 0.1) is 0 Å². The van der Waals surface area contributed by atoms with Crippen molar-refractivity contribution in [1.82, 2.24) is 30.1 Å². The quantitative estimate of drug-likeness (QED) is 0.101. The number of hydrogen-bond acceptors (Lipinski definition) is 10. The summed E-state index contributed by atoms with van der Waals surface area (Å²) in [7, 11) is 4.01. The van der Waals surface area contributed by atoms with Crippen LogP contribution in [-0.2, 0) is 36.7 Å². The number of hydrogen-bond donors (Lipinski definition) is 3. The van der Waals surface area contributed by atoms with Crippen LogP contribution >= 0.6 is 11.8 Å². The van der Waals surface area contributed by atoms with E-state index < -0.39 is 0 Å². The zero-order valence-corrected chi connectivity index (χ0v) is 24.9. The number of ether oxygens (including phenoxy) is 1. The molecule has 5 N–H and O–H groups in total. The largest absolute Gasteiger partial charge is 0.379 e. The Kier molecular flexibility index (Phi) is 8.59. The van der Waals surface area contributed by atoms with Crippen molar-refractivity contribution in [2.75, 3.05) is 37.5 Å². The van der Waals surface area contributed by atoms with Crippen LogP contribution in [0.3, 0.4) is 0 Å². The number of rotatable bonds is 11. The average Bonchev–Trinajstić information content (AvgIpc) is 3.49. The number of nitrogens with zero attached hydrogens (tertiary/aromatic N) is 7. The first-order valence-electron chi connectivity index (χ1n) is 13.8. The second-order valence-corrected chi connectivity index (χ2v) is 12.0. The SMILES string of the molecule is CCCN(C)Cc1cc2c(c(/C(=N/N)NN)c1)CN(c1cc(C3(Cc4nncn4C)COC3)cc(SCC)n1)C2=O. The third-order valence-electron chi connectivity index (χ3n) is 7.71. The second kappa shape index (κ2) is 12.1. The highest BCUT2D eigenvalue weighted by atomic mass is 32.2. The van der Waals surface area contributed by atoms with Crippen LogP contribution in [-0.4, -0.2) is 69.0 Å². The first kappa shape index (κ1) is 29.0. The number of hydrazone groups is 1. The lowest BCUT2D eigenvalue weighted by atomic mass is 9.76. The van der Waals surface area contributed by atoms with Gasteiger partial charge >= 0.3 is 0 Å². The Hall–Kier alpha value is -3.52. The van der Waals surface area contributed by atoms with Crippen molar-refractivity contribution >= 4 is 29.3 Å². The monoisotopic (exact) mass is 578 g/mol. The lowest BCUT2D eigenvalue weighted by Gasteiger charge is -2.42. The molecule has 4 heterocycles. The molecule has 2 aliphatic rings. The van der Waals surface area contributed by atoms with Crippen LogP contribution in [0.25, 0.3) is 0 Å². The summed E-state index contributed by atoms with van der Waals surface area (Å²) < 4.78 is 7.67. The average molecular weight is 579 g/mol. The van der Waals surface area contributed by atoms with Gasteiger partial charge < -0.3 is 25.5 Å². The Morgan fingerprint density at radius 3 is 2.68 bits per heavy atom. The second-order valence-electron chi connectivity index (χ2n) is 10.7. The number of carbonyl (C=O) groups is 1. The van der Waals surface area contributed by atoms with Gasteiger partial charge in [0.25, 0.3) is 5.91 Å². The standard InChI is InChI=1S/C28H38N10O2S/c1-5-7-36(3)13-18-8-20(26(33-29)34-30)22-14-38(27(39)21(22)9-18)23-10-19(11-25(32-23)41-6-2)28(15-40-16-28)12-24-35-31-17-37(24)4/h8-11,17H,5-7,12-16,29-30H2,1-4H3,(H,33,34).